The first-order valence-corrected chi connectivity index (χ1v) is 12.7. The van der Waals surface area contributed by atoms with Crippen LogP contribution in [0.15, 0.2) is 53.4 Å². The predicted molar refractivity (Wildman–Crippen MR) is 124 cm³/mol. The number of ether oxygens (including phenoxy) is 1. The van der Waals surface area contributed by atoms with Crippen LogP contribution < -0.4 is 4.90 Å². The molecule has 2 heterocycles. The fourth-order valence-corrected chi connectivity index (χ4v) is 6.01. The Morgan fingerprint density at radius 2 is 1.59 bits per heavy atom. The SMILES string of the molecule is CN(Cc1ccccc1N1CCCCC1)C(=O)c1ccccc1S(=O)(=O)N1CCOCC1. The first-order valence-electron chi connectivity index (χ1n) is 11.2. The molecular weight excluding hydrogens is 426 g/mol. The van der Waals surface area contributed by atoms with Gasteiger partial charge < -0.3 is 14.5 Å². The van der Waals surface area contributed by atoms with Crippen LogP contribution >= 0.6 is 0 Å². The third-order valence-electron chi connectivity index (χ3n) is 6.15. The molecule has 2 aliphatic rings. The van der Waals surface area contributed by atoms with E-state index in [-0.39, 0.29) is 16.4 Å². The number of piperidine rings is 1. The van der Waals surface area contributed by atoms with Crippen molar-refractivity contribution in [2.75, 3.05) is 51.3 Å². The molecule has 0 unspecified atom stereocenters. The normalized spacial score (nSPS) is 17.8. The molecule has 0 radical (unpaired) electrons. The van der Waals surface area contributed by atoms with Crippen LogP contribution in [0.4, 0.5) is 5.69 Å². The number of hydrogen-bond donors (Lipinski definition) is 0. The fourth-order valence-electron chi connectivity index (χ4n) is 4.42. The molecule has 32 heavy (non-hydrogen) atoms. The Kier molecular flexibility index (Phi) is 7.13. The lowest BCUT2D eigenvalue weighted by Crippen LogP contribution is -2.41. The maximum atomic E-state index is 13.4. The number of amides is 1. The van der Waals surface area contributed by atoms with Gasteiger partial charge in [-0.1, -0.05) is 30.3 Å². The van der Waals surface area contributed by atoms with E-state index in [0.717, 1.165) is 24.3 Å². The molecule has 4 rings (SSSR count). The second kappa shape index (κ2) is 10.0. The van der Waals surface area contributed by atoms with Crippen molar-refractivity contribution >= 4 is 21.6 Å². The number of carbonyl (C=O) groups is 1. The van der Waals surface area contributed by atoms with E-state index in [4.69, 9.17) is 4.74 Å². The minimum absolute atomic E-state index is 0.0584. The van der Waals surface area contributed by atoms with Crippen molar-refractivity contribution < 1.29 is 17.9 Å². The Labute approximate surface area is 190 Å². The third-order valence-corrected chi connectivity index (χ3v) is 8.10. The van der Waals surface area contributed by atoms with Gasteiger partial charge in [0.2, 0.25) is 10.0 Å². The summed E-state index contributed by atoms with van der Waals surface area (Å²) in [5.41, 5.74) is 2.43. The molecule has 8 heteroatoms. The van der Waals surface area contributed by atoms with E-state index in [1.54, 1.807) is 30.1 Å². The molecule has 0 aliphatic carbocycles. The zero-order chi connectivity index (χ0) is 22.6. The van der Waals surface area contributed by atoms with Gasteiger partial charge in [-0.2, -0.15) is 4.31 Å². The Bertz CT molecular complexity index is 1040. The van der Waals surface area contributed by atoms with Crippen LogP contribution in [0.5, 0.6) is 0 Å². The summed E-state index contributed by atoms with van der Waals surface area (Å²) in [5, 5.41) is 0. The summed E-state index contributed by atoms with van der Waals surface area (Å²) in [6, 6.07) is 14.7. The number of benzene rings is 2. The van der Waals surface area contributed by atoms with Crippen LogP contribution in [0.2, 0.25) is 0 Å². The van der Waals surface area contributed by atoms with Crippen LogP contribution in [0.25, 0.3) is 0 Å². The first-order chi connectivity index (χ1) is 15.5. The number of hydrogen-bond acceptors (Lipinski definition) is 5. The quantitative estimate of drug-likeness (QED) is 0.667. The van der Waals surface area contributed by atoms with E-state index in [1.807, 2.05) is 18.2 Å². The Balaban J connectivity index is 1.57. The van der Waals surface area contributed by atoms with E-state index < -0.39 is 10.0 Å². The minimum Gasteiger partial charge on any atom is -0.379 e. The number of carbonyl (C=O) groups excluding carboxylic acids is 1. The Morgan fingerprint density at radius 1 is 0.938 bits per heavy atom. The molecule has 0 aromatic heterocycles. The Morgan fingerprint density at radius 3 is 2.34 bits per heavy atom. The molecular formula is C24H31N3O4S. The monoisotopic (exact) mass is 457 g/mol. The highest BCUT2D eigenvalue weighted by molar-refractivity contribution is 7.89. The topological polar surface area (TPSA) is 70.2 Å². The lowest BCUT2D eigenvalue weighted by Gasteiger charge is -2.31. The summed E-state index contributed by atoms with van der Waals surface area (Å²) >= 11 is 0. The summed E-state index contributed by atoms with van der Waals surface area (Å²) < 4.78 is 33.2. The molecule has 2 aromatic carbocycles. The zero-order valence-corrected chi connectivity index (χ0v) is 19.4. The van der Waals surface area contributed by atoms with Crippen molar-refractivity contribution in [3.8, 4) is 0 Å². The summed E-state index contributed by atoms with van der Waals surface area (Å²) in [5.74, 6) is -0.300. The van der Waals surface area contributed by atoms with Gasteiger partial charge in [-0.15, -0.1) is 0 Å². The van der Waals surface area contributed by atoms with Crippen LogP contribution in [-0.2, 0) is 21.3 Å². The summed E-state index contributed by atoms with van der Waals surface area (Å²) in [6.07, 6.45) is 3.61. The van der Waals surface area contributed by atoms with Crippen molar-refractivity contribution in [2.24, 2.45) is 0 Å². The number of sulfonamides is 1. The molecule has 0 N–H and O–H groups in total. The molecule has 2 aromatic rings. The minimum atomic E-state index is -3.77. The molecule has 0 saturated carbocycles. The highest BCUT2D eigenvalue weighted by Crippen LogP contribution is 2.27. The molecule has 7 nitrogen and oxygen atoms in total. The second-order valence-corrected chi connectivity index (χ2v) is 10.3. The maximum Gasteiger partial charge on any atom is 0.255 e. The van der Waals surface area contributed by atoms with Crippen molar-refractivity contribution in [3.05, 3.63) is 59.7 Å². The number of rotatable bonds is 6. The van der Waals surface area contributed by atoms with Crippen LogP contribution in [-0.4, -0.2) is 70.0 Å². The standard InChI is InChI=1S/C24H31N3O4S/c1-25(19-20-9-3-5-11-22(20)26-13-7-2-8-14-26)24(28)21-10-4-6-12-23(21)32(29,30)27-15-17-31-18-16-27/h3-6,9-12H,2,7-8,13-19H2,1H3. The van der Waals surface area contributed by atoms with Crippen molar-refractivity contribution in [3.63, 3.8) is 0 Å². The molecule has 1 amide bonds. The van der Waals surface area contributed by atoms with E-state index in [0.29, 0.717) is 32.8 Å². The van der Waals surface area contributed by atoms with Gasteiger partial charge in [0.1, 0.15) is 0 Å². The summed E-state index contributed by atoms with van der Waals surface area (Å²) in [6.45, 7) is 3.78. The van der Waals surface area contributed by atoms with Gasteiger partial charge in [-0.25, -0.2) is 8.42 Å². The second-order valence-electron chi connectivity index (χ2n) is 8.35. The molecule has 2 aliphatic heterocycles. The first kappa shape index (κ1) is 22.8. The molecule has 2 fully saturated rings. The van der Waals surface area contributed by atoms with E-state index in [1.165, 1.54) is 29.6 Å². The lowest BCUT2D eigenvalue weighted by atomic mass is 10.1. The van der Waals surface area contributed by atoms with Crippen molar-refractivity contribution in [2.45, 2.75) is 30.7 Å². The molecule has 0 atom stereocenters. The van der Waals surface area contributed by atoms with Crippen LogP contribution in [0, 0.1) is 0 Å². The van der Waals surface area contributed by atoms with Crippen molar-refractivity contribution in [1.29, 1.82) is 0 Å². The smallest absolute Gasteiger partial charge is 0.255 e. The average Bonchev–Trinajstić information content (AvgIpc) is 2.85. The van der Waals surface area contributed by atoms with E-state index in [9.17, 15) is 13.2 Å². The molecule has 0 bridgehead atoms. The molecule has 172 valence electrons. The number of morpholine rings is 1. The van der Waals surface area contributed by atoms with Crippen LogP contribution in [0.3, 0.4) is 0 Å². The van der Waals surface area contributed by atoms with Crippen molar-refractivity contribution in [1.82, 2.24) is 9.21 Å². The van der Waals surface area contributed by atoms with Gasteiger partial charge in [0, 0.05) is 45.5 Å². The summed E-state index contributed by atoms with van der Waals surface area (Å²) in [7, 11) is -2.04. The number of para-hydroxylation sites is 1. The van der Waals surface area contributed by atoms with E-state index in [2.05, 4.69) is 11.0 Å². The van der Waals surface area contributed by atoms with Gasteiger partial charge in [-0.3, -0.25) is 4.79 Å². The highest BCUT2D eigenvalue weighted by Gasteiger charge is 2.31. The number of nitrogens with zero attached hydrogens (tertiary/aromatic N) is 3. The largest absolute Gasteiger partial charge is 0.379 e. The van der Waals surface area contributed by atoms with Gasteiger partial charge in [0.25, 0.3) is 5.91 Å². The zero-order valence-electron chi connectivity index (χ0n) is 18.6. The van der Waals surface area contributed by atoms with Gasteiger partial charge in [-0.05, 0) is 43.0 Å². The molecule has 2 saturated heterocycles. The molecule has 0 spiro atoms. The van der Waals surface area contributed by atoms with Gasteiger partial charge in [0.05, 0.1) is 23.7 Å². The summed E-state index contributed by atoms with van der Waals surface area (Å²) in [4.78, 5) is 17.4. The highest BCUT2D eigenvalue weighted by atomic mass is 32.2. The Hall–Kier alpha value is -2.42. The average molecular weight is 458 g/mol. The predicted octanol–water partition coefficient (Wildman–Crippen LogP) is 2.97. The number of anilines is 1. The van der Waals surface area contributed by atoms with E-state index >= 15 is 0 Å². The fraction of sp³-hybridized carbons (Fsp3) is 0.458. The van der Waals surface area contributed by atoms with Gasteiger partial charge in [0.15, 0.2) is 0 Å². The lowest BCUT2D eigenvalue weighted by molar-refractivity contribution is 0.0727. The van der Waals surface area contributed by atoms with Crippen LogP contribution in [0.1, 0.15) is 35.2 Å². The van der Waals surface area contributed by atoms with Gasteiger partial charge >= 0.3 is 0 Å². The maximum absolute atomic E-state index is 13.4. The third kappa shape index (κ3) is 4.82.